The molecule has 0 saturated heterocycles. The number of rotatable bonds is 2. The Balaban J connectivity index is 2.48. The van der Waals surface area contributed by atoms with Crippen molar-refractivity contribution >= 4 is 0 Å². The highest BCUT2D eigenvalue weighted by atomic mass is 19.1. The molecule has 0 aromatic heterocycles. The number of halogens is 1. The monoisotopic (exact) mass is 143 g/mol. The van der Waals surface area contributed by atoms with E-state index in [1.807, 2.05) is 11.9 Å². The third-order valence-corrected chi connectivity index (χ3v) is 1.82. The summed E-state index contributed by atoms with van der Waals surface area (Å²) in [6.45, 7) is 2.66. The lowest BCUT2D eigenvalue weighted by molar-refractivity contribution is 0.328. The molecule has 1 heterocycles. The Labute approximate surface area is 61.5 Å². The molecule has 0 saturated carbocycles. The van der Waals surface area contributed by atoms with Crippen molar-refractivity contribution in [3.8, 4) is 0 Å². The average molecular weight is 143 g/mol. The summed E-state index contributed by atoms with van der Waals surface area (Å²) in [4.78, 5) is 1.99. The van der Waals surface area contributed by atoms with E-state index in [0.717, 1.165) is 18.5 Å². The minimum absolute atomic E-state index is 0.551. The molecule has 0 N–H and O–H groups in total. The fourth-order valence-electron chi connectivity index (χ4n) is 1.30. The first-order valence-electron chi connectivity index (χ1n) is 3.80. The van der Waals surface area contributed by atoms with Crippen molar-refractivity contribution < 1.29 is 4.39 Å². The summed E-state index contributed by atoms with van der Waals surface area (Å²) in [5.41, 5.74) is 1.16. The van der Waals surface area contributed by atoms with Gasteiger partial charge in [-0.1, -0.05) is 13.3 Å². The minimum atomic E-state index is -0.730. The van der Waals surface area contributed by atoms with E-state index in [4.69, 9.17) is 0 Å². The lowest BCUT2D eigenvalue weighted by Gasteiger charge is -2.14. The van der Waals surface area contributed by atoms with Crippen LogP contribution in [0.1, 0.15) is 19.8 Å². The van der Waals surface area contributed by atoms with E-state index in [1.54, 1.807) is 6.08 Å². The van der Waals surface area contributed by atoms with Crippen molar-refractivity contribution in [2.45, 2.75) is 25.9 Å². The highest BCUT2D eigenvalue weighted by Crippen LogP contribution is 2.19. The molecule has 0 aromatic carbocycles. The zero-order chi connectivity index (χ0) is 7.56. The number of alkyl halides is 1. The van der Waals surface area contributed by atoms with Crippen LogP contribution in [0.5, 0.6) is 0 Å². The molecular formula is C8H14FN. The first-order chi connectivity index (χ1) is 4.74. The minimum Gasteiger partial charge on any atom is -0.375 e. The molecule has 1 aliphatic heterocycles. The molecule has 1 aliphatic rings. The van der Waals surface area contributed by atoms with Gasteiger partial charge in [0.05, 0.1) is 6.54 Å². The normalized spacial score (nSPS) is 25.3. The molecule has 10 heavy (non-hydrogen) atoms. The molecule has 2 heteroatoms. The van der Waals surface area contributed by atoms with Crippen LogP contribution in [0, 0.1) is 0 Å². The summed E-state index contributed by atoms with van der Waals surface area (Å²) in [5.74, 6) is 0. The summed E-state index contributed by atoms with van der Waals surface area (Å²) < 4.78 is 12.6. The van der Waals surface area contributed by atoms with Crippen LogP contribution in [-0.4, -0.2) is 24.7 Å². The second kappa shape index (κ2) is 3.04. The number of hydrogen-bond acceptors (Lipinski definition) is 1. The third kappa shape index (κ3) is 1.49. The van der Waals surface area contributed by atoms with Crippen LogP contribution in [0.2, 0.25) is 0 Å². The van der Waals surface area contributed by atoms with Crippen molar-refractivity contribution in [3.63, 3.8) is 0 Å². The van der Waals surface area contributed by atoms with E-state index in [1.165, 1.54) is 0 Å². The molecule has 0 amide bonds. The summed E-state index contributed by atoms with van der Waals surface area (Å²) >= 11 is 0. The highest BCUT2D eigenvalue weighted by molar-refractivity contribution is 5.10. The first-order valence-corrected chi connectivity index (χ1v) is 3.80. The first kappa shape index (κ1) is 7.58. The lowest BCUT2D eigenvalue weighted by atomic mass is 10.2. The van der Waals surface area contributed by atoms with Gasteiger partial charge in [0, 0.05) is 12.7 Å². The van der Waals surface area contributed by atoms with Crippen molar-refractivity contribution in [1.29, 1.82) is 0 Å². The van der Waals surface area contributed by atoms with Gasteiger partial charge in [-0.2, -0.15) is 0 Å². The summed E-state index contributed by atoms with van der Waals surface area (Å²) in [5, 5.41) is 0. The second-order valence-electron chi connectivity index (χ2n) is 2.80. The lowest BCUT2D eigenvalue weighted by Crippen LogP contribution is -2.16. The Hall–Kier alpha value is -0.530. The molecule has 1 atom stereocenters. The van der Waals surface area contributed by atoms with Crippen LogP contribution in [0.25, 0.3) is 0 Å². The van der Waals surface area contributed by atoms with E-state index in [-0.39, 0.29) is 0 Å². The average Bonchev–Trinajstić information content (AvgIpc) is 2.13. The molecule has 0 bridgehead atoms. The van der Waals surface area contributed by atoms with Crippen molar-refractivity contribution in [1.82, 2.24) is 4.90 Å². The van der Waals surface area contributed by atoms with Crippen molar-refractivity contribution in [3.05, 3.63) is 11.8 Å². The topological polar surface area (TPSA) is 3.24 Å². The zero-order valence-electron chi connectivity index (χ0n) is 6.60. The van der Waals surface area contributed by atoms with Gasteiger partial charge in [0.2, 0.25) is 0 Å². The molecule has 0 aliphatic carbocycles. The van der Waals surface area contributed by atoms with Gasteiger partial charge in [0.25, 0.3) is 0 Å². The number of hydrogen-bond donors (Lipinski definition) is 0. The predicted molar refractivity (Wildman–Crippen MR) is 40.5 cm³/mol. The molecule has 0 fully saturated rings. The summed E-state index contributed by atoms with van der Waals surface area (Å²) in [6, 6.07) is 0. The fourth-order valence-corrected chi connectivity index (χ4v) is 1.30. The molecule has 0 radical (unpaired) electrons. The maximum Gasteiger partial charge on any atom is 0.138 e. The van der Waals surface area contributed by atoms with E-state index in [2.05, 4.69) is 6.92 Å². The fraction of sp³-hybridized carbons (Fsp3) is 0.750. The van der Waals surface area contributed by atoms with E-state index < -0.39 is 6.17 Å². The van der Waals surface area contributed by atoms with Gasteiger partial charge in [0.1, 0.15) is 6.17 Å². The van der Waals surface area contributed by atoms with Crippen LogP contribution in [-0.2, 0) is 0 Å². The maximum absolute atomic E-state index is 12.6. The molecular weight excluding hydrogens is 129 g/mol. The SMILES string of the molecule is CCCC1=C[C@@H](F)CN1C. The van der Waals surface area contributed by atoms with Crippen LogP contribution in [0.15, 0.2) is 11.8 Å². The van der Waals surface area contributed by atoms with Gasteiger partial charge in [-0.3, -0.25) is 0 Å². The molecule has 1 nitrogen and oxygen atoms in total. The summed E-state index contributed by atoms with van der Waals surface area (Å²) in [6.07, 6.45) is 3.11. The zero-order valence-corrected chi connectivity index (χ0v) is 6.60. The highest BCUT2D eigenvalue weighted by Gasteiger charge is 2.17. The van der Waals surface area contributed by atoms with Gasteiger partial charge in [-0.15, -0.1) is 0 Å². The smallest absolute Gasteiger partial charge is 0.138 e. The van der Waals surface area contributed by atoms with E-state index in [9.17, 15) is 4.39 Å². The van der Waals surface area contributed by atoms with Crippen LogP contribution in [0.4, 0.5) is 4.39 Å². The van der Waals surface area contributed by atoms with Crippen molar-refractivity contribution in [2.24, 2.45) is 0 Å². The Bertz CT molecular complexity index is 142. The Morgan fingerprint density at radius 2 is 2.50 bits per heavy atom. The largest absolute Gasteiger partial charge is 0.375 e. The number of nitrogens with zero attached hydrogens (tertiary/aromatic N) is 1. The standard InChI is InChI=1S/C8H14FN/c1-3-4-8-5-7(9)6-10(8)2/h5,7H,3-4,6H2,1-2H3/t7-/m1/s1. The van der Waals surface area contributed by atoms with Crippen LogP contribution >= 0.6 is 0 Å². The van der Waals surface area contributed by atoms with E-state index in [0.29, 0.717) is 6.54 Å². The third-order valence-electron chi connectivity index (χ3n) is 1.82. The molecule has 58 valence electrons. The van der Waals surface area contributed by atoms with E-state index >= 15 is 0 Å². The Morgan fingerprint density at radius 1 is 1.80 bits per heavy atom. The van der Waals surface area contributed by atoms with Crippen LogP contribution < -0.4 is 0 Å². The number of allylic oxidation sites excluding steroid dienone is 1. The van der Waals surface area contributed by atoms with Gasteiger partial charge >= 0.3 is 0 Å². The van der Waals surface area contributed by atoms with Gasteiger partial charge in [0.15, 0.2) is 0 Å². The van der Waals surface area contributed by atoms with Gasteiger partial charge in [-0.05, 0) is 12.5 Å². The Morgan fingerprint density at radius 3 is 2.90 bits per heavy atom. The van der Waals surface area contributed by atoms with Crippen LogP contribution in [0.3, 0.4) is 0 Å². The van der Waals surface area contributed by atoms with Gasteiger partial charge < -0.3 is 4.90 Å². The molecule has 0 spiro atoms. The maximum atomic E-state index is 12.6. The molecule has 0 unspecified atom stereocenters. The molecule has 0 aromatic rings. The quantitative estimate of drug-likeness (QED) is 0.571. The van der Waals surface area contributed by atoms with Gasteiger partial charge in [-0.25, -0.2) is 4.39 Å². The van der Waals surface area contributed by atoms with Crippen molar-refractivity contribution in [2.75, 3.05) is 13.6 Å². The molecule has 1 rings (SSSR count). The Kier molecular flexibility index (Phi) is 2.30. The summed E-state index contributed by atoms with van der Waals surface area (Å²) in [7, 11) is 1.95. The predicted octanol–water partition coefficient (Wildman–Crippen LogP) is 1.95. The second-order valence-corrected chi connectivity index (χ2v) is 2.80.